The molecule has 0 aromatic heterocycles. The number of amides is 3. The van der Waals surface area contributed by atoms with Gasteiger partial charge in [0, 0.05) is 11.7 Å². The average Bonchev–Trinajstić information content (AvgIpc) is 2.63. The lowest BCUT2D eigenvalue weighted by Crippen LogP contribution is -2.59. The van der Waals surface area contributed by atoms with Crippen molar-refractivity contribution < 1.29 is 19.5 Å². The first-order valence-corrected chi connectivity index (χ1v) is 8.89. The molecule has 26 heavy (non-hydrogen) atoms. The van der Waals surface area contributed by atoms with Crippen molar-refractivity contribution >= 4 is 23.6 Å². The summed E-state index contributed by atoms with van der Waals surface area (Å²) in [5.41, 5.74) is 0.623. The van der Waals surface area contributed by atoms with Crippen LogP contribution >= 0.6 is 0 Å². The van der Waals surface area contributed by atoms with Crippen LogP contribution in [0.15, 0.2) is 42.5 Å². The molecule has 1 saturated heterocycles. The maximum Gasteiger partial charge on any atom is 0.326 e. The van der Waals surface area contributed by atoms with Crippen LogP contribution in [-0.2, 0) is 9.59 Å². The van der Waals surface area contributed by atoms with Crippen LogP contribution in [0.25, 0.3) is 0 Å². The molecule has 7 nitrogen and oxygen atoms in total. The molecule has 3 N–H and O–H groups in total. The smallest absolute Gasteiger partial charge is 0.326 e. The van der Waals surface area contributed by atoms with Gasteiger partial charge in [-0.3, -0.25) is 4.79 Å². The molecular formula is C19H23N3O4. The standard InChI is InChI=1S/C19H23N3O4/c23-17-15(21-19(26)20-13-7-2-1-3-8-13)11-5-4-9-14-10-6-12-16(18(24)25)22(14)17/h1-5,7-8,14-16H,6,9-12H2,(H,24,25)(H2,20,21,26)/b5-4-/t14-,15-,16-/m0/s1. The minimum Gasteiger partial charge on any atom is -0.480 e. The van der Waals surface area contributed by atoms with Gasteiger partial charge in [-0.15, -0.1) is 0 Å². The molecule has 3 amide bonds. The van der Waals surface area contributed by atoms with Gasteiger partial charge in [0.1, 0.15) is 12.1 Å². The van der Waals surface area contributed by atoms with Crippen LogP contribution in [0.4, 0.5) is 10.5 Å². The van der Waals surface area contributed by atoms with Crippen LogP contribution in [0, 0.1) is 0 Å². The molecule has 1 aromatic rings. The summed E-state index contributed by atoms with van der Waals surface area (Å²) in [5, 5.41) is 14.9. The van der Waals surface area contributed by atoms with Crippen LogP contribution in [0.5, 0.6) is 0 Å². The lowest BCUT2D eigenvalue weighted by Gasteiger charge is -2.42. The third-order valence-corrected chi connectivity index (χ3v) is 4.87. The highest BCUT2D eigenvalue weighted by atomic mass is 16.4. The quantitative estimate of drug-likeness (QED) is 0.723. The van der Waals surface area contributed by atoms with E-state index >= 15 is 0 Å². The fourth-order valence-electron chi connectivity index (χ4n) is 3.62. The number of aliphatic carboxylic acids is 1. The number of piperidine rings is 1. The zero-order valence-electron chi connectivity index (χ0n) is 14.4. The van der Waals surface area contributed by atoms with Crippen molar-refractivity contribution in [3.8, 4) is 0 Å². The van der Waals surface area contributed by atoms with Crippen molar-refractivity contribution in [1.82, 2.24) is 10.2 Å². The van der Waals surface area contributed by atoms with Gasteiger partial charge in [-0.05, 0) is 44.2 Å². The number of hydrogen-bond acceptors (Lipinski definition) is 3. The largest absolute Gasteiger partial charge is 0.480 e. The monoisotopic (exact) mass is 357 g/mol. The summed E-state index contributed by atoms with van der Waals surface area (Å²) in [6, 6.07) is 6.73. The Morgan fingerprint density at radius 2 is 1.81 bits per heavy atom. The van der Waals surface area contributed by atoms with E-state index in [1.807, 2.05) is 18.2 Å². The topological polar surface area (TPSA) is 98.7 Å². The SMILES string of the molecule is O=C(Nc1ccccc1)N[C@H]1C/C=C\C[C@H]2CCC[C@@H](C(=O)O)N2C1=O. The summed E-state index contributed by atoms with van der Waals surface area (Å²) in [6.07, 6.45) is 6.86. The maximum atomic E-state index is 13.0. The zero-order chi connectivity index (χ0) is 18.5. The van der Waals surface area contributed by atoms with Crippen molar-refractivity contribution in [2.45, 2.75) is 50.2 Å². The Balaban J connectivity index is 1.74. The number of hydrogen-bond donors (Lipinski definition) is 3. The van der Waals surface area contributed by atoms with E-state index in [0.29, 0.717) is 24.9 Å². The van der Waals surface area contributed by atoms with E-state index in [1.54, 1.807) is 24.3 Å². The normalized spacial score (nSPS) is 26.8. The number of rotatable bonds is 3. The summed E-state index contributed by atoms with van der Waals surface area (Å²) in [6.45, 7) is 0. The van der Waals surface area contributed by atoms with E-state index < -0.39 is 24.1 Å². The number of fused-ring (bicyclic) bond motifs is 1. The summed E-state index contributed by atoms with van der Waals surface area (Å²) >= 11 is 0. The minimum absolute atomic E-state index is 0.129. The fourth-order valence-corrected chi connectivity index (χ4v) is 3.62. The fraction of sp³-hybridized carbons (Fsp3) is 0.421. The van der Waals surface area contributed by atoms with E-state index in [2.05, 4.69) is 10.6 Å². The molecule has 3 atom stereocenters. The summed E-state index contributed by atoms with van der Waals surface area (Å²) in [7, 11) is 0. The second kappa shape index (κ2) is 8.03. The predicted molar refractivity (Wildman–Crippen MR) is 96.7 cm³/mol. The van der Waals surface area contributed by atoms with Gasteiger partial charge < -0.3 is 20.6 Å². The molecule has 1 fully saturated rings. The van der Waals surface area contributed by atoms with Gasteiger partial charge in [-0.25, -0.2) is 9.59 Å². The molecule has 0 radical (unpaired) electrons. The number of benzene rings is 1. The Kier molecular flexibility index (Phi) is 5.55. The Hall–Kier alpha value is -2.83. The molecule has 138 valence electrons. The number of carbonyl (C=O) groups excluding carboxylic acids is 2. The molecule has 1 aromatic carbocycles. The third-order valence-electron chi connectivity index (χ3n) is 4.87. The minimum atomic E-state index is -0.986. The molecule has 3 rings (SSSR count). The van der Waals surface area contributed by atoms with Crippen molar-refractivity contribution in [2.75, 3.05) is 5.32 Å². The number of anilines is 1. The second-order valence-corrected chi connectivity index (χ2v) is 6.64. The van der Waals surface area contributed by atoms with E-state index in [0.717, 1.165) is 12.8 Å². The first-order valence-electron chi connectivity index (χ1n) is 8.89. The highest BCUT2D eigenvalue weighted by Gasteiger charge is 2.41. The second-order valence-electron chi connectivity index (χ2n) is 6.64. The van der Waals surface area contributed by atoms with Gasteiger partial charge in [-0.2, -0.15) is 0 Å². The summed E-state index contributed by atoms with van der Waals surface area (Å²) < 4.78 is 0. The van der Waals surface area contributed by atoms with E-state index in [4.69, 9.17) is 0 Å². The number of para-hydroxylation sites is 1. The first-order chi connectivity index (χ1) is 12.6. The van der Waals surface area contributed by atoms with Gasteiger partial charge in [0.2, 0.25) is 5.91 Å². The maximum absolute atomic E-state index is 13.0. The van der Waals surface area contributed by atoms with Crippen LogP contribution in [0.3, 0.4) is 0 Å². The van der Waals surface area contributed by atoms with Gasteiger partial charge in [0.05, 0.1) is 0 Å². The van der Waals surface area contributed by atoms with Crippen molar-refractivity contribution in [3.05, 3.63) is 42.5 Å². The first kappa shape index (κ1) is 18.0. The number of carboxylic acid groups (broad SMARTS) is 1. The van der Waals surface area contributed by atoms with Gasteiger partial charge in [0.25, 0.3) is 0 Å². The molecular weight excluding hydrogens is 334 g/mol. The van der Waals surface area contributed by atoms with Crippen LogP contribution < -0.4 is 10.6 Å². The lowest BCUT2D eigenvalue weighted by molar-refractivity contribution is -0.156. The number of urea groups is 1. The Bertz CT molecular complexity index is 704. The van der Waals surface area contributed by atoms with E-state index in [-0.39, 0.29) is 11.9 Å². The predicted octanol–water partition coefficient (Wildman–Crippen LogP) is 2.36. The van der Waals surface area contributed by atoms with Crippen LogP contribution in [0.1, 0.15) is 32.1 Å². The number of carbonyl (C=O) groups is 3. The van der Waals surface area contributed by atoms with E-state index in [1.165, 1.54) is 4.90 Å². The van der Waals surface area contributed by atoms with Gasteiger partial charge in [0.15, 0.2) is 0 Å². The summed E-state index contributed by atoms with van der Waals surface area (Å²) in [4.78, 5) is 38.4. The summed E-state index contributed by atoms with van der Waals surface area (Å²) in [5.74, 6) is -1.31. The van der Waals surface area contributed by atoms with Crippen LogP contribution in [0.2, 0.25) is 0 Å². The molecule has 2 aliphatic heterocycles. The van der Waals surface area contributed by atoms with E-state index in [9.17, 15) is 19.5 Å². The lowest BCUT2D eigenvalue weighted by atomic mass is 9.90. The Labute approximate surface area is 152 Å². The molecule has 0 aliphatic carbocycles. The highest BCUT2D eigenvalue weighted by molar-refractivity contribution is 5.95. The van der Waals surface area contributed by atoms with Gasteiger partial charge in [-0.1, -0.05) is 30.4 Å². The number of carboxylic acids is 1. The molecule has 0 saturated carbocycles. The molecule has 7 heteroatoms. The average molecular weight is 357 g/mol. The molecule has 0 unspecified atom stereocenters. The van der Waals surface area contributed by atoms with Crippen molar-refractivity contribution in [1.29, 1.82) is 0 Å². The Morgan fingerprint density at radius 3 is 2.54 bits per heavy atom. The Morgan fingerprint density at radius 1 is 1.08 bits per heavy atom. The number of nitrogens with one attached hydrogen (secondary N) is 2. The molecule has 0 bridgehead atoms. The van der Waals surface area contributed by atoms with Crippen molar-refractivity contribution in [2.24, 2.45) is 0 Å². The zero-order valence-corrected chi connectivity index (χ0v) is 14.4. The molecule has 2 aliphatic rings. The third kappa shape index (κ3) is 4.04. The van der Waals surface area contributed by atoms with Gasteiger partial charge >= 0.3 is 12.0 Å². The number of nitrogens with zero attached hydrogens (tertiary/aromatic N) is 1. The van der Waals surface area contributed by atoms with Crippen molar-refractivity contribution in [3.63, 3.8) is 0 Å². The highest BCUT2D eigenvalue weighted by Crippen LogP contribution is 2.28. The molecule has 0 spiro atoms. The molecule has 2 heterocycles. The van der Waals surface area contributed by atoms with Crippen LogP contribution in [-0.4, -0.2) is 46.0 Å².